The van der Waals surface area contributed by atoms with Crippen LogP contribution < -0.4 is 30.2 Å². The summed E-state index contributed by atoms with van der Waals surface area (Å²) < 4.78 is 15.9. The van der Waals surface area contributed by atoms with Gasteiger partial charge >= 0.3 is 0 Å². The van der Waals surface area contributed by atoms with E-state index in [0.717, 1.165) is 21.9 Å². The summed E-state index contributed by atoms with van der Waals surface area (Å²) in [4.78, 5) is 44.8. The molecule has 12 heteroatoms. The minimum atomic E-state index is -0.523. The topological polar surface area (TPSA) is 128 Å². The van der Waals surface area contributed by atoms with E-state index in [1.165, 1.54) is 37.3 Å². The molecule has 0 spiro atoms. The van der Waals surface area contributed by atoms with E-state index < -0.39 is 17.1 Å². The fraction of sp³-hybridized carbons (Fsp3) is 0.135. The highest BCUT2D eigenvalue weighted by molar-refractivity contribution is 8.00. The SMILES string of the molecule is COc1ccc(-c2csc(NC(=O)C(C)Sc3ccc(NC(=O)/C(=C/c4ccc(OC)c(OC)c4)NC(=O)c4ccccc4)cc3)n2)cc1. The third-order valence-electron chi connectivity index (χ3n) is 7.16. The highest BCUT2D eigenvalue weighted by Crippen LogP contribution is 2.30. The molecule has 3 amide bonds. The summed E-state index contributed by atoms with van der Waals surface area (Å²) in [5.74, 6) is 0.629. The fourth-order valence-corrected chi connectivity index (χ4v) is 6.15. The van der Waals surface area contributed by atoms with Gasteiger partial charge in [0.1, 0.15) is 11.4 Å². The van der Waals surface area contributed by atoms with E-state index in [0.29, 0.717) is 33.4 Å². The normalized spacial score (nSPS) is 11.6. The number of ether oxygens (including phenoxy) is 3. The van der Waals surface area contributed by atoms with Crippen LogP contribution in [0.5, 0.6) is 17.2 Å². The van der Waals surface area contributed by atoms with Gasteiger partial charge in [-0.2, -0.15) is 0 Å². The Morgan fingerprint density at radius 2 is 1.53 bits per heavy atom. The van der Waals surface area contributed by atoms with E-state index in [2.05, 4.69) is 20.9 Å². The lowest BCUT2D eigenvalue weighted by atomic mass is 10.1. The maximum atomic E-state index is 13.5. The molecule has 0 aliphatic heterocycles. The van der Waals surface area contributed by atoms with E-state index in [-0.39, 0.29) is 11.6 Å². The first-order valence-corrected chi connectivity index (χ1v) is 16.8. The van der Waals surface area contributed by atoms with Gasteiger partial charge in [0.2, 0.25) is 5.91 Å². The highest BCUT2D eigenvalue weighted by atomic mass is 32.2. The van der Waals surface area contributed by atoms with Crippen molar-refractivity contribution in [2.45, 2.75) is 17.1 Å². The first-order chi connectivity index (χ1) is 23.8. The van der Waals surface area contributed by atoms with Gasteiger partial charge in [-0.1, -0.05) is 24.3 Å². The van der Waals surface area contributed by atoms with Crippen molar-refractivity contribution in [3.05, 3.63) is 119 Å². The summed E-state index contributed by atoms with van der Waals surface area (Å²) in [6, 6.07) is 28.5. The zero-order valence-electron chi connectivity index (χ0n) is 27.2. The molecule has 49 heavy (non-hydrogen) atoms. The average Bonchev–Trinajstić information content (AvgIpc) is 3.60. The number of amides is 3. The Hall–Kier alpha value is -5.59. The van der Waals surface area contributed by atoms with Gasteiger partial charge < -0.3 is 30.2 Å². The van der Waals surface area contributed by atoms with Crippen molar-refractivity contribution in [1.82, 2.24) is 10.3 Å². The Bertz CT molecular complexity index is 1940. The van der Waals surface area contributed by atoms with E-state index in [9.17, 15) is 14.4 Å². The van der Waals surface area contributed by atoms with Crippen LogP contribution in [0.25, 0.3) is 17.3 Å². The molecule has 4 aromatic carbocycles. The van der Waals surface area contributed by atoms with E-state index >= 15 is 0 Å². The molecule has 5 aromatic rings. The van der Waals surface area contributed by atoms with Crippen molar-refractivity contribution in [2.75, 3.05) is 32.0 Å². The second-order valence-corrected chi connectivity index (χ2v) is 12.8. The predicted octanol–water partition coefficient (Wildman–Crippen LogP) is 7.36. The van der Waals surface area contributed by atoms with Crippen LogP contribution in [0.4, 0.5) is 10.8 Å². The van der Waals surface area contributed by atoms with Crippen LogP contribution in [0.2, 0.25) is 0 Å². The second kappa shape index (κ2) is 16.5. The molecule has 5 rings (SSSR count). The zero-order valence-corrected chi connectivity index (χ0v) is 28.8. The monoisotopic (exact) mass is 694 g/mol. The number of rotatable bonds is 13. The maximum Gasteiger partial charge on any atom is 0.272 e. The summed E-state index contributed by atoms with van der Waals surface area (Å²) >= 11 is 2.73. The van der Waals surface area contributed by atoms with Gasteiger partial charge in [0.05, 0.1) is 32.3 Å². The first kappa shape index (κ1) is 34.7. The number of nitrogens with zero attached hydrogens (tertiary/aromatic N) is 1. The minimum Gasteiger partial charge on any atom is -0.497 e. The smallest absolute Gasteiger partial charge is 0.272 e. The van der Waals surface area contributed by atoms with E-state index in [4.69, 9.17) is 14.2 Å². The van der Waals surface area contributed by atoms with Crippen molar-refractivity contribution in [1.29, 1.82) is 0 Å². The molecule has 250 valence electrons. The summed E-state index contributed by atoms with van der Waals surface area (Å²) in [5, 5.41) is 10.5. The van der Waals surface area contributed by atoms with Gasteiger partial charge in [-0.3, -0.25) is 14.4 Å². The lowest BCUT2D eigenvalue weighted by Gasteiger charge is -2.13. The third kappa shape index (κ3) is 9.28. The Morgan fingerprint density at radius 1 is 0.816 bits per heavy atom. The number of carbonyl (C=O) groups is 3. The van der Waals surface area contributed by atoms with Crippen molar-refractivity contribution in [3.63, 3.8) is 0 Å². The summed E-state index contributed by atoms with van der Waals surface area (Å²) in [5.41, 5.74) is 3.25. The number of hydrogen-bond donors (Lipinski definition) is 3. The molecule has 0 saturated carbocycles. The van der Waals surface area contributed by atoms with Gasteiger partial charge in [0.25, 0.3) is 11.8 Å². The number of aromatic nitrogens is 1. The minimum absolute atomic E-state index is 0.0298. The molecule has 3 N–H and O–H groups in total. The molecule has 0 saturated heterocycles. The fourth-order valence-electron chi connectivity index (χ4n) is 4.56. The number of thioether (sulfide) groups is 1. The van der Waals surface area contributed by atoms with Gasteiger partial charge in [-0.05, 0) is 91.4 Å². The number of nitrogens with one attached hydrogen (secondary N) is 3. The second-order valence-electron chi connectivity index (χ2n) is 10.5. The van der Waals surface area contributed by atoms with Gasteiger partial charge in [0.15, 0.2) is 16.6 Å². The Kier molecular flexibility index (Phi) is 11.7. The van der Waals surface area contributed by atoms with Crippen molar-refractivity contribution in [3.8, 4) is 28.5 Å². The number of hydrogen-bond acceptors (Lipinski definition) is 9. The van der Waals surface area contributed by atoms with E-state index in [1.54, 1.807) is 73.8 Å². The third-order valence-corrected chi connectivity index (χ3v) is 9.03. The highest BCUT2D eigenvalue weighted by Gasteiger charge is 2.18. The molecule has 0 fully saturated rings. The lowest BCUT2D eigenvalue weighted by molar-refractivity contribution is -0.115. The van der Waals surface area contributed by atoms with Crippen molar-refractivity contribution in [2.24, 2.45) is 0 Å². The van der Waals surface area contributed by atoms with Gasteiger partial charge in [0, 0.05) is 27.1 Å². The Morgan fingerprint density at radius 3 is 2.20 bits per heavy atom. The van der Waals surface area contributed by atoms with Crippen LogP contribution in [0.1, 0.15) is 22.8 Å². The van der Waals surface area contributed by atoms with Gasteiger partial charge in [-0.25, -0.2) is 4.98 Å². The molecule has 0 radical (unpaired) electrons. The Balaban J connectivity index is 1.23. The lowest BCUT2D eigenvalue weighted by Crippen LogP contribution is -2.30. The number of anilines is 2. The average molecular weight is 695 g/mol. The zero-order chi connectivity index (χ0) is 34.8. The molecular weight excluding hydrogens is 661 g/mol. The summed E-state index contributed by atoms with van der Waals surface area (Å²) in [6.07, 6.45) is 1.56. The molecule has 1 heterocycles. The predicted molar refractivity (Wildman–Crippen MR) is 195 cm³/mol. The number of benzene rings is 4. The largest absolute Gasteiger partial charge is 0.497 e. The standard InChI is InChI=1S/C37H34N4O6S2/c1-23(34(42)41-37-40-31(22-48-37)25-11-15-28(45-2)16-12-25)49-29-17-13-27(14-18-29)38-36(44)30(39-35(43)26-8-6-5-7-9-26)20-24-10-19-32(46-3)33(21-24)47-4/h5-23H,1-4H3,(H,38,44)(H,39,43)(H,40,41,42)/b30-20-. The van der Waals surface area contributed by atoms with Crippen LogP contribution >= 0.6 is 23.1 Å². The summed E-state index contributed by atoms with van der Waals surface area (Å²) in [6.45, 7) is 1.81. The van der Waals surface area contributed by atoms with Gasteiger partial charge in [-0.15, -0.1) is 23.1 Å². The molecule has 1 aromatic heterocycles. The molecule has 0 aliphatic rings. The number of carbonyl (C=O) groups excluding carboxylic acids is 3. The van der Waals surface area contributed by atoms with Crippen molar-refractivity contribution < 1.29 is 28.6 Å². The molecule has 0 aliphatic carbocycles. The van der Waals surface area contributed by atoms with E-state index in [1.807, 2.05) is 48.7 Å². The van der Waals surface area contributed by atoms with Crippen LogP contribution in [0, 0.1) is 0 Å². The number of methoxy groups -OCH3 is 3. The first-order valence-electron chi connectivity index (χ1n) is 15.0. The quantitative estimate of drug-likeness (QED) is 0.0862. The molecule has 10 nitrogen and oxygen atoms in total. The molecule has 1 atom stereocenters. The molecule has 1 unspecified atom stereocenters. The molecular formula is C37H34N4O6S2. The number of thiazole rings is 1. The van der Waals surface area contributed by atoms with Crippen LogP contribution in [0.15, 0.2) is 113 Å². The maximum absolute atomic E-state index is 13.5. The summed E-state index contributed by atoms with van der Waals surface area (Å²) in [7, 11) is 4.67. The Labute approximate surface area is 292 Å². The van der Waals surface area contributed by atoms with Crippen molar-refractivity contribution >= 4 is 57.7 Å². The van der Waals surface area contributed by atoms with Crippen LogP contribution in [-0.2, 0) is 9.59 Å². The van der Waals surface area contributed by atoms with Crippen LogP contribution in [0.3, 0.4) is 0 Å². The van der Waals surface area contributed by atoms with Crippen LogP contribution in [-0.4, -0.2) is 49.3 Å². The molecule has 0 bridgehead atoms.